The minimum absolute atomic E-state index is 0.0147. The van der Waals surface area contributed by atoms with Crippen molar-refractivity contribution in [2.75, 3.05) is 23.7 Å². The predicted molar refractivity (Wildman–Crippen MR) is 153 cm³/mol. The number of anilines is 1. The van der Waals surface area contributed by atoms with Gasteiger partial charge in [-0.15, -0.1) is 0 Å². The maximum atomic E-state index is 14.7. The van der Waals surface area contributed by atoms with Crippen LogP contribution in [0.4, 0.5) is 10.1 Å². The first kappa shape index (κ1) is 30.4. The summed E-state index contributed by atoms with van der Waals surface area (Å²) in [5.41, 5.74) is 0.970. The van der Waals surface area contributed by atoms with Crippen LogP contribution in [0.5, 0.6) is 0 Å². The molecule has 0 aliphatic heterocycles. The van der Waals surface area contributed by atoms with E-state index >= 15 is 0 Å². The van der Waals surface area contributed by atoms with Gasteiger partial charge in [-0.1, -0.05) is 78.7 Å². The lowest BCUT2D eigenvalue weighted by molar-refractivity contribution is -0.140. The van der Waals surface area contributed by atoms with Crippen molar-refractivity contribution in [1.82, 2.24) is 10.2 Å². The molecule has 1 N–H and O–H groups in total. The van der Waals surface area contributed by atoms with Crippen LogP contribution >= 0.6 is 23.2 Å². The second kappa shape index (κ2) is 13.8. The van der Waals surface area contributed by atoms with Gasteiger partial charge in [0, 0.05) is 30.1 Å². The molecule has 0 aliphatic rings. The van der Waals surface area contributed by atoms with Crippen molar-refractivity contribution >= 4 is 50.7 Å². The second-order valence-corrected chi connectivity index (χ2v) is 11.7. The predicted octanol–water partition coefficient (Wildman–Crippen LogP) is 5.06. The lowest BCUT2D eigenvalue weighted by atomic mass is 10.0. The summed E-state index contributed by atoms with van der Waals surface area (Å²) in [7, 11) is -4.02. The van der Waals surface area contributed by atoms with E-state index in [4.69, 9.17) is 23.2 Å². The number of halogens is 3. The SMILES string of the molecule is CCCNC(=O)[C@H](Cc1ccccc1)N(Cc1ccccc1F)C(=O)CN(c1cc(Cl)ccc1Cl)S(C)(=O)=O. The first-order chi connectivity index (χ1) is 18.5. The van der Waals surface area contributed by atoms with E-state index in [1.165, 1.54) is 41.3 Å². The van der Waals surface area contributed by atoms with E-state index in [0.29, 0.717) is 13.0 Å². The van der Waals surface area contributed by atoms with Gasteiger partial charge in [0.1, 0.15) is 18.4 Å². The average Bonchev–Trinajstić information content (AvgIpc) is 2.90. The number of sulfonamides is 1. The molecule has 0 fully saturated rings. The average molecular weight is 595 g/mol. The molecule has 0 saturated heterocycles. The van der Waals surface area contributed by atoms with Gasteiger partial charge in [-0.25, -0.2) is 12.8 Å². The Hall–Kier alpha value is -3.14. The molecule has 1 atom stereocenters. The lowest BCUT2D eigenvalue weighted by Gasteiger charge is -2.33. The lowest BCUT2D eigenvalue weighted by Crippen LogP contribution is -2.53. The fraction of sp³-hybridized carbons (Fsp3) is 0.286. The molecular weight excluding hydrogens is 564 g/mol. The van der Waals surface area contributed by atoms with Crippen molar-refractivity contribution in [2.24, 2.45) is 0 Å². The first-order valence-electron chi connectivity index (χ1n) is 12.3. The Labute approximate surface area is 238 Å². The number of carbonyl (C=O) groups is 2. The van der Waals surface area contributed by atoms with Crippen LogP contribution < -0.4 is 9.62 Å². The van der Waals surface area contributed by atoms with Gasteiger partial charge < -0.3 is 10.2 Å². The van der Waals surface area contributed by atoms with Gasteiger partial charge in [-0.3, -0.25) is 13.9 Å². The molecule has 0 aromatic heterocycles. The van der Waals surface area contributed by atoms with E-state index in [-0.39, 0.29) is 34.3 Å². The largest absolute Gasteiger partial charge is 0.354 e. The first-order valence-corrected chi connectivity index (χ1v) is 14.9. The van der Waals surface area contributed by atoms with Crippen LogP contribution in [0.15, 0.2) is 72.8 Å². The van der Waals surface area contributed by atoms with E-state index in [9.17, 15) is 22.4 Å². The van der Waals surface area contributed by atoms with Crippen LogP contribution in [-0.4, -0.2) is 50.5 Å². The summed E-state index contributed by atoms with van der Waals surface area (Å²) in [6.45, 7) is 1.33. The van der Waals surface area contributed by atoms with E-state index in [1.807, 2.05) is 37.3 Å². The van der Waals surface area contributed by atoms with Crippen molar-refractivity contribution in [1.29, 1.82) is 0 Å². The summed E-state index contributed by atoms with van der Waals surface area (Å²) < 4.78 is 41.2. The molecule has 3 rings (SSSR count). The van der Waals surface area contributed by atoms with Crippen LogP contribution in [0.3, 0.4) is 0 Å². The third-order valence-corrected chi connectivity index (χ3v) is 7.66. The quantitative estimate of drug-likeness (QED) is 0.318. The monoisotopic (exact) mass is 593 g/mol. The summed E-state index contributed by atoms with van der Waals surface area (Å²) in [4.78, 5) is 28.6. The summed E-state index contributed by atoms with van der Waals surface area (Å²) in [6, 6.07) is 18.2. The Morgan fingerprint density at radius 1 is 1.00 bits per heavy atom. The molecule has 11 heteroatoms. The molecule has 0 radical (unpaired) electrons. The molecule has 3 aromatic rings. The third-order valence-electron chi connectivity index (χ3n) is 5.97. The van der Waals surface area contributed by atoms with E-state index in [2.05, 4.69) is 5.32 Å². The molecule has 0 saturated carbocycles. The van der Waals surface area contributed by atoms with Crippen molar-refractivity contribution in [3.05, 3.63) is 99.8 Å². The summed E-state index contributed by atoms with van der Waals surface area (Å²) in [6.07, 6.45) is 1.74. The van der Waals surface area contributed by atoms with Gasteiger partial charge in [0.2, 0.25) is 21.8 Å². The maximum Gasteiger partial charge on any atom is 0.244 e. The molecular formula is C28H30Cl2FN3O4S. The van der Waals surface area contributed by atoms with Crippen LogP contribution in [0, 0.1) is 5.82 Å². The molecule has 0 bridgehead atoms. The summed E-state index contributed by atoms with van der Waals surface area (Å²) >= 11 is 12.4. The smallest absolute Gasteiger partial charge is 0.244 e. The second-order valence-electron chi connectivity index (χ2n) is 8.97. The van der Waals surface area contributed by atoms with Crippen molar-refractivity contribution in [3.8, 4) is 0 Å². The minimum Gasteiger partial charge on any atom is -0.354 e. The molecule has 0 aliphatic carbocycles. The number of benzene rings is 3. The van der Waals surface area contributed by atoms with E-state index in [1.54, 1.807) is 6.07 Å². The van der Waals surface area contributed by atoms with Gasteiger partial charge >= 0.3 is 0 Å². The molecule has 0 heterocycles. The van der Waals surface area contributed by atoms with Crippen LogP contribution in [0.25, 0.3) is 0 Å². The minimum atomic E-state index is -4.02. The molecule has 0 spiro atoms. The highest BCUT2D eigenvalue weighted by Crippen LogP contribution is 2.31. The number of amides is 2. The Morgan fingerprint density at radius 2 is 1.67 bits per heavy atom. The van der Waals surface area contributed by atoms with Gasteiger partial charge in [-0.05, 0) is 36.2 Å². The molecule has 7 nitrogen and oxygen atoms in total. The number of hydrogen-bond acceptors (Lipinski definition) is 4. The zero-order valence-electron chi connectivity index (χ0n) is 21.6. The zero-order chi connectivity index (χ0) is 28.6. The van der Waals surface area contributed by atoms with E-state index < -0.39 is 40.2 Å². The molecule has 2 amide bonds. The summed E-state index contributed by atoms with van der Waals surface area (Å²) in [5, 5.41) is 3.11. The van der Waals surface area contributed by atoms with Gasteiger partial charge in [0.25, 0.3) is 0 Å². The normalized spacial score (nSPS) is 12.0. The topological polar surface area (TPSA) is 86.8 Å². The van der Waals surface area contributed by atoms with Crippen LogP contribution in [-0.2, 0) is 32.6 Å². The Kier molecular flexibility index (Phi) is 10.7. The summed E-state index contributed by atoms with van der Waals surface area (Å²) in [5.74, 6) is -1.70. The number of nitrogens with one attached hydrogen (secondary N) is 1. The number of hydrogen-bond donors (Lipinski definition) is 1. The fourth-order valence-electron chi connectivity index (χ4n) is 4.00. The Balaban J connectivity index is 2.08. The van der Waals surface area contributed by atoms with Gasteiger partial charge in [-0.2, -0.15) is 0 Å². The number of carbonyl (C=O) groups excluding carboxylic acids is 2. The molecule has 0 unspecified atom stereocenters. The molecule has 3 aromatic carbocycles. The van der Waals surface area contributed by atoms with Crippen LogP contribution in [0.2, 0.25) is 10.0 Å². The molecule has 208 valence electrons. The zero-order valence-corrected chi connectivity index (χ0v) is 23.9. The fourth-order valence-corrected chi connectivity index (χ4v) is 5.29. The Bertz CT molecular complexity index is 1410. The highest BCUT2D eigenvalue weighted by Gasteiger charge is 2.33. The standard InChI is InChI=1S/C28H30Cl2FN3O4S/c1-3-15-32-28(36)26(16-20-9-5-4-6-10-20)33(18-21-11-7-8-12-24(21)31)27(35)19-34(39(2,37)38)25-17-22(29)13-14-23(25)30/h4-14,17,26H,3,15-16,18-19H2,1-2H3,(H,32,36)/t26-/m0/s1. The third kappa shape index (κ3) is 8.42. The Morgan fingerprint density at radius 3 is 2.31 bits per heavy atom. The van der Waals surface area contributed by atoms with Gasteiger partial charge in [0.15, 0.2) is 0 Å². The van der Waals surface area contributed by atoms with Crippen molar-refractivity contribution in [3.63, 3.8) is 0 Å². The highest BCUT2D eigenvalue weighted by atomic mass is 35.5. The van der Waals surface area contributed by atoms with E-state index in [0.717, 1.165) is 16.1 Å². The highest BCUT2D eigenvalue weighted by molar-refractivity contribution is 7.92. The van der Waals surface area contributed by atoms with Crippen LogP contribution in [0.1, 0.15) is 24.5 Å². The maximum absolute atomic E-state index is 14.7. The van der Waals surface area contributed by atoms with Crippen molar-refractivity contribution < 1.29 is 22.4 Å². The number of rotatable bonds is 12. The van der Waals surface area contributed by atoms with Gasteiger partial charge in [0.05, 0.1) is 17.0 Å². The number of nitrogens with zero attached hydrogens (tertiary/aromatic N) is 2. The van der Waals surface area contributed by atoms with Crippen molar-refractivity contribution in [2.45, 2.75) is 32.4 Å². The molecule has 39 heavy (non-hydrogen) atoms.